The Morgan fingerprint density at radius 1 is 1.15 bits per heavy atom. The van der Waals surface area contributed by atoms with Gasteiger partial charge in [0.05, 0.1) is 10.9 Å². The van der Waals surface area contributed by atoms with E-state index in [1.807, 2.05) is 6.07 Å². The van der Waals surface area contributed by atoms with E-state index < -0.39 is 39.5 Å². The third-order valence-electron chi connectivity index (χ3n) is 5.73. The van der Waals surface area contributed by atoms with Crippen LogP contribution >= 0.6 is 0 Å². The molecule has 0 spiro atoms. The van der Waals surface area contributed by atoms with E-state index in [0.29, 0.717) is 18.8 Å². The molecule has 1 aliphatic heterocycles. The van der Waals surface area contributed by atoms with Crippen LogP contribution in [-0.2, 0) is 37.2 Å². The van der Waals surface area contributed by atoms with E-state index in [1.54, 1.807) is 38.2 Å². The number of carbonyl (C=O) groups excluding carboxylic acids is 3. The average molecular weight is 487 g/mol. The molecule has 1 aromatic carbocycles. The Bertz CT molecular complexity index is 1140. The Kier molecular flexibility index (Phi) is 8.62. The molecule has 0 saturated heterocycles. The molecular weight excluding hydrogens is 456 g/mol. The van der Waals surface area contributed by atoms with Gasteiger partial charge in [-0.3, -0.25) is 14.4 Å². The zero-order chi connectivity index (χ0) is 24.7. The summed E-state index contributed by atoms with van der Waals surface area (Å²) in [4.78, 5) is 47.4. The molecule has 2 heterocycles. The predicted octanol–water partition coefficient (Wildman–Crippen LogP) is 1.62. The second-order valence-corrected chi connectivity index (χ2v) is 10.5. The molecule has 1 aromatic heterocycles. The second kappa shape index (κ2) is 11.4. The molecule has 1 aliphatic rings. The number of aryl methyl sites for hydroxylation is 1. The van der Waals surface area contributed by atoms with Crippen LogP contribution in [0, 0.1) is 11.8 Å². The Morgan fingerprint density at radius 2 is 1.88 bits per heavy atom. The minimum absolute atomic E-state index is 0.0160. The summed E-state index contributed by atoms with van der Waals surface area (Å²) in [7, 11) is -3.95. The molecule has 2 atom stereocenters. The summed E-state index contributed by atoms with van der Waals surface area (Å²) in [6.07, 6.45) is 3.54. The summed E-state index contributed by atoms with van der Waals surface area (Å²) in [5, 5.41) is 2.62. The summed E-state index contributed by atoms with van der Waals surface area (Å²) in [5.41, 5.74) is 0.838. The van der Waals surface area contributed by atoms with E-state index in [0.717, 1.165) is 18.5 Å². The molecule has 0 radical (unpaired) electrons. The molecule has 182 valence electrons. The van der Waals surface area contributed by atoms with Gasteiger partial charge in [0, 0.05) is 37.2 Å². The number of nitrogens with one attached hydrogen (secondary N) is 2. The van der Waals surface area contributed by atoms with Crippen molar-refractivity contribution in [1.82, 2.24) is 20.0 Å². The van der Waals surface area contributed by atoms with Crippen LogP contribution in [-0.4, -0.2) is 48.4 Å². The highest BCUT2D eigenvalue weighted by Gasteiger charge is 2.34. The van der Waals surface area contributed by atoms with Gasteiger partial charge in [-0.15, -0.1) is 0 Å². The minimum atomic E-state index is -3.95. The molecule has 10 heteroatoms. The fourth-order valence-electron chi connectivity index (χ4n) is 3.84. The van der Waals surface area contributed by atoms with Gasteiger partial charge in [0.2, 0.25) is 15.8 Å². The maximum absolute atomic E-state index is 13.3. The lowest BCUT2D eigenvalue weighted by Gasteiger charge is -2.23. The molecule has 0 saturated carbocycles. The molecule has 2 bridgehead atoms. The topological polar surface area (TPSA) is 135 Å². The number of benzene rings is 1. The number of sulfonamides is 1. The Morgan fingerprint density at radius 3 is 2.59 bits per heavy atom. The summed E-state index contributed by atoms with van der Waals surface area (Å²) >= 11 is 0. The lowest BCUT2D eigenvalue weighted by atomic mass is 9.88. The largest absolute Gasteiger partial charge is 0.349 e. The number of amides is 1. The number of aromatic nitrogens is 2. The molecule has 2 unspecified atom stereocenters. The molecular formula is C24H30N4O5S. The van der Waals surface area contributed by atoms with Gasteiger partial charge in [-0.25, -0.2) is 23.1 Å². The van der Waals surface area contributed by atoms with Crippen molar-refractivity contribution in [3.63, 3.8) is 0 Å². The quantitative estimate of drug-likeness (QED) is 0.568. The molecule has 3 rings (SSSR count). The first-order chi connectivity index (χ1) is 16.2. The van der Waals surface area contributed by atoms with Crippen LogP contribution in [0.15, 0.2) is 47.5 Å². The molecule has 0 fully saturated rings. The van der Waals surface area contributed by atoms with Gasteiger partial charge in [-0.05, 0) is 43.4 Å². The molecule has 9 nitrogen and oxygen atoms in total. The minimum Gasteiger partial charge on any atom is -0.349 e. The summed E-state index contributed by atoms with van der Waals surface area (Å²) in [5.74, 6) is -2.94. The number of hydrogen-bond acceptors (Lipinski definition) is 7. The first kappa shape index (κ1) is 25.6. The highest BCUT2D eigenvalue weighted by atomic mass is 32.2. The summed E-state index contributed by atoms with van der Waals surface area (Å²) in [6, 6.07) is 8.51. The van der Waals surface area contributed by atoms with Gasteiger partial charge < -0.3 is 5.32 Å². The smallest absolute Gasteiger partial charge is 0.287 e. The zero-order valence-corrected chi connectivity index (χ0v) is 20.2. The van der Waals surface area contributed by atoms with Crippen LogP contribution in [0.2, 0.25) is 0 Å². The van der Waals surface area contributed by atoms with Gasteiger partial charge >= 0.3 is 0 Å². The van der Waals surface area contributed by atoms with Crippen LogP contribution < -0.4 is 10.0 Å². The van der Waals surface area contributed by atoms with Gasteiger partial charge in [0.1, 0.15) is 5.82 Å². The average Bonchev–Trinajstić information content (AvgIpc) is 2.81. The Balaban J connectivity index is 1.84. The lowest BCUT2D eigenvalue weighted by molar-refractivity contribution is -0.141. The second-order valence-electron chi connectivity index (χ2n) is 8.77. The van der Waals surface area contributed by atoms with Gasteiger partial charge in [-0.1, -0.05) is 32.0 Å². The van der Waals surface area contributed by atoms with Crippen molar-refractivity contribution >= 4 is 27.5 Å². The van der Waals surface area contributed by atoms with Crippen molar-refractivity contribution in [2.45, 2.75) is 56.9 Å². The van der Waals surface area contributed by atoms with Crippen molar-refractivity contribution < 1.29 is 22.8 Å². The Hall–Kier alpha value is -2.98. The first-order valence-corrected chi connectivity index (χ1v) is 12.9. The lowest BCUT2D eigenvalue weighted by Crippen LogP contribution is -2.46. The predicted molar refractivity (Wildman–Crippen MR) is 125 cm³/mol. The summed E-state index contributed by atoms with van der Waals surface area (Å²) < 4.78 is 28.1. The van der Waals surface area contributed by atoms with Crippen molar-refractivity contribution in [2.75, 3.05) is 6.54 Å². The molecule has 2 N–H and O–H groups in total. The molecule has 0 aliphatic carbocycles. The van der Waals surface area contributed by atoms with Crippen LogP contribution in [0.5, 0.6) is 0 Å². The standard InChI is InChI=1S/C24H30N4O5S/c1-16(2)22(28-34(32,33)19-9-4-3-5-10-19)20(29)14-17-15-21-25-13-11-18(27-21)8-6-7-12-26-24(31)23(17)30/h3-5,9-11,13,16-17,22,28H,6-8,12,14-15H2,1-2H3,(H,26,31). The van der Waals surface area contributed by atoms with E-state index in [-0.39, 0.29) is 23.7 Å². The maximum atomic E-state index is 13.3. The fraction of sp³-hybridized carbons (Fsp3) is 0.458. The van der Waals surface area contributed by atoms with E-state index in [2.05, 4.69) is 20.0 Å². The van der Waals surface area contributed by atoms with Crippen molar-refractivity contribution in [3.8, 4) is 0 Å². The third-order valence-corrected chi connectivity index (χ3v) is 7.19. The molecule has 1 amide bonds. The highest BCUT2D eigenvalue weighted by Crippen LogP contribution is 2.19. The van der Waals surface area contributed by atoms with Crippen LogP contribution in [0.4, 0.5) is 0 Å². The van der Waals surface area contributed by atoms with E-state index >= 15 is 0 Å². The van der Waals surface area contributed by atoms with Crippen LogP contribution in [0.3, 0.4) is 0 Å². The monoisotopic (exact) mass is 486 g/mol. The number of carbonyl (C=O) groups is 3. The number of Topliss-reactive ketones (excluding diaryl/α,β-unsaturated/α-hetero) is 2. The van der Waals surface area contributed by atoms with Gasteiger partial charge in [0.15, 0.2) is 5.78 Å². The maximum Gasteiger partial charge on any atom is 0.287 e. The molecule has 2 aromatic rings. The van der Waals surface area contributed by atoms with Crippen LogP contribution in [0.25, 0.3) is 0 Å². The third kappa shape index (κ3) is 6.77. The van der Waals surface area contributed by atoms with Crippen molar-refractivity contribution in [3.05, 3.63) is 54.1 Å². The number of hydrogen-bond donors (Lipinski definition) is 2. The normalized spacial score (nSPS) is 18.5. The number of ketones is 2. The highest BCUT2D eigenvalue weighted by molar-refractivity contribution is 7.89. The fourth-order valence-corrected chi connectivity index (χ4v) is 5.23. The van der Waals surface area contributed by atoms with Gasteiger partial charge in [0.25, 0.3) is 5.91 Å². The Labute approximate surface area is 199 Å². The SMILES string of the molecule is CC(C)C(NS(=O)(=O)c1ccccc1)C(=O)CC1Cc2nccc(n2)CCCCNC(=O)C1=O. The summed E-state index contributed by atoms with van der Waals surface area (Å²) in [6.45, 7) is 3.80. The van der Waals surface area contributed by atoms with E-state index in [1.165, 1.54) is 12.1 Å². The van der Waals surface area contributed by atoms with Crippen molar-refractivity contribution in [1.29, 1.82) is 0 Å². The van der Waals surface area contributed by atoms with E-state index in [4.69, 9.17) is 0 Å². The van der Waals surface area contributed by atoms with E-state index in [9.17, 15) is 22.8 Å². The zero-order valence-electron chi connectivity index (χ0n) is 19.4. The molecule has 34 heavy (non-hydrogen) atoms. The van der Waals surface area contributed by atoms with Crippen molar-refractivity contribution in [2.24, 2.45) is 11.8 Å². The van der Waals surface area contributed by atoms with Gasteiger partial charge in [-0.2, -0.15) is 0 Å². The number of rotatable bonds is 7. The van der Waals surface area contributed by atoms with Crippen LogP contribution in [0.1, 0.15) is 44.6 Å². The number of nitrogens with zero attached hydrogens (tertiary/aromatic N) is 2. The first-order valence-electron chi connectivity index (χ1n) is 11.4. The number of fused-ring (bicyclic) bond motifs is 2.